The zero-order valence-corrected chi connectivity index (χ0v) is 18.6. The number of aromatic nitrogens is 1. The third-order valence-corrected chi connectivity index (χ3v) is 6.38. The maximum Gasteiger partial charge on any atom is 0.253 e. The SMILES string of the molecule is COCCN(C)Cc1ccc(CC2CCN(C(=O)c3ccc4[nH]ccc4c3)CC2)cc1. The molecule has 0 atom stereocenters. The van der Waals surface area contributed by atoms with E-state index in [0.717, 1.165) is 68.5 Å². The van der Waals surface area contributed by atoms with Gasteiger partial charge in [-0.2, -0.15) is 0 Å². The summed E-state index contributed by atoms with van der Waals surface area (Å²) in [4.78, 5) is 20.4. The number of fused-ring (bicyclic) bond motifs is 1. The molecule has 1 aromatic heterocycles. The van der Waals surface area contributed by atoms with Crippen LogP contribution < -0.4 is 0 Å². The van der Waals surface area contributed by atoms with Crippen molar-refractivity contribution in [1.29, 1.82) is 0 Å². The second-order valence-electron chi connectivity index (χ2n) is 8.77. The highest BCUT2D eigenvalue weighted by Gasteiger charge is 2.24. The van der Waals surface area contributed by atoms with Crippen LogP contribution in [0.5, 0.6) is 0 Å². The van der Waals surface area contributed by atoms with E-state index in [2.05, 4.69) is 41.2 Å². The highest BCUT2D eigenvalue weighted by atomic mass is 16.5. The number of carbonyl (C=O) groups is 1. The van der Waals surface area contributed by atoms with E-state index < -0.39 is 0 Å². The Morgan fingerprint density at radius 1 is 1.10 bits per heavy atom. The summed E-state index contributed by atoms with van der Waals surface area (Å²) in [7, 11) is 3.86. The Morgan fingerprint density at radius 3 is 2.58 bits per heavy atom. The highest BCUT2D eigenvalue weighted by Crippen LogP contribution is 2.24. The zero-order valence-electron chi connectivity index (χ0n) is 18.6. The Kier molecular flexibility index (Phi) is 7.05. The number of piperidine rings is 1. The van der Waals surface area contributed by atoms with Gasteiger partial charge in [-0.1, -0.05) is 24.3 Å². The normalized spacial score (nSPS) is 15.1. The van der Waals surface area contributed by atoms with Crippen molar-refractivity contribution in [2.24, 2.45) is 5.92 Å². The standard InChI is InChI=1S/C26H33N3O2/c1-28(15-16-31-2)19-22-5-3-20(4-6-22)17-21-10-13-29(14-11-21)26(30)24-7-8-25-23(18-24)9-12-27-25/h3-9,12,18,21,27H,10-11,13-17,19H2,1-2H3. The van der Waals surface area contributed by atoms with Gasteiger partial charge in [-0.25, -0.2) is 0 Å². The van der Waals surface area contributed by atoms with Gasteiger partial charge in [-0.3, -0.25) is 9.69 Å². The molecule has 1 N–H and O–H groups in total. The molecule has 164 valence electrons. The molecule has 2 aromatic carbocycles. The lowest BCUT2D eigenvalue weighted by Crippen LogP contribution is -2.38. The highest BCUT2D eigenvalue weighted by molar-refractivity contribution is 5.98. The molecule has 0 aliphatic carbocycles. The maximum atomic E-state index is 12.9. The van der Waals surface area contributed by atoms with Crippen LogP contribution in [-0.4, -0.2) is 61.1 Å². The molecule has 1 fully saturated rings. The molecule has 0 unspecified atom stereocenters. The van der Waals surface area contributed by atoms with Crippen molar-refractivity contribution in [3.05, 3.63) is 71.4 Å². The number of nitrogens with zero attached hydrogens (tertiary/aromatic N) is 2. The smallest absolute Gasteiger partial charge is 0.253 e. The van der Waals surface area contributed by atoms with Gasteiger partial charge in [0.2, 0.25) is 0 Å². The van der Waals surface area contributed by atoms with Crippen molar-refractivity contribution in [1.82, 2.24) is 14.8 Å². The number of ether oxygens (including phenoxy) is 1. The number of hydrogen-bond donors (Lipinski definition) is 1. The van der Waals surface area contributed by atoms with Gasteiger partial charge in [-0.05, 0) is 67.6 Å². The Hall–Kier alpha value is -2.63. The van der Waals surface area contributed by atoms with Crippen LogP contribution in [0.2, 0.25) is 0 Å². The van der Waals surface area contributed by atoms with Crippen LogP contribution in [0.4, 0.5) is 0 Å². The van der Waals surface area contributed by atoms with Crippen molar-refractivity contribution in [3.8, 4) is 0 Å². The van der Waals surface area contributed by atoms with Crippen LogP contribution in [0.3, 0.4) is 0 Å². The number of nitrogens with one attached hydrogen (secondary N) is 1. The van der Waals surface area contributed by atoms with Crippen molar-refractivity contribution in [3.63, 3.8) is 0 Å². The van der Waals surface area contributed by atoms with Gasteiger partial charge in [0.15, 0.2) is 0 Å². The van der Waals surface area contributed by atoms with Gasteiger partial charge in [0.05, 0.1) is 6.61 Å². The van der Waals surface area contributed by atoms with Gasteiger partial charge in [0, 0.05) is 56.0 Å². The number of benzene rings is 2. The van der Waals surface area contributed by atoms with Gasteiger partial charge < -0.3 is 14.6 Å². The number of likely N-dealkylation sites (tertiary alicyclic amines) is 1. The van der Waals surface area contributed by atoms with E-state index in [0.29, 0.717) is 5.92 Å². The molecule has 0 bridgehead atoms. The lowest BCUT2D eigenvalue weighted by Gasteiger charge is -2.32. The van der Waals surface area contributed by atoms with Crippen molar-refractivity contribution in [2.75, 3.05) is 40.4 Å². The summed E-state index contributed by atoms with van der Waals surface area (Å²) in [6, 6.07) is 17.0. The molecule has 1 amide bonds. The molecular weight excluding hydrogens is 386 g/mol. The topological polar surface area (TPSA) is 48.6 Å². The van der Waals surface area contributed by atoms with Crippen LogP contribution >= 0.6 is 0 Å². The monoisotopic (exact) mass is 419 g/mol. The third-order valence-electron chi connectivity index (χ3n) is 6.38. The summed E-state index contributed by atoms with van der Waals surface area (Å²) >= 11 is 0. The van der Waals surface area contributed by atoms with E-state index in [1.165, 1.54) is 11.1 Å². The molecule has 4 rings (SSSR count). The number of hydrogen-bond acceptors (Lipinski definition) is 3. The molecular formula is C26H33N3O2. The molecule has 0 saturated carbocycles. The molecule has 5 nitrogen and oxygen atoms in total. The first-order valence-corrected chi connectivity index (χ1v) is 11.2. The Balaban J connectivity index is 1.26. The first kappa shape index (κ1) is 21.6. The van der Waals surface area contributed by atoms with Crippen molar-refractivity contribution in [2.45, 2.75) is 25.8 Å². The molecule has 1 aliphatic rings. The molecule has 5 heteroatoms. The summed E-state index contributed by atoms with van der Waals surface area (Å²) in [6.07, 6.45) is 5.15. The third kappa shape index (κ3) is 5.54. The van der Waals surface area contributed by atoms with Crippen molar-refractivity contribution >= 4 is 16.8 Å². The molecule has 0 radical (unpaired) electrons. The Labute approximate surface area is 185 Å². The number of methoxy groups -OCH3 is 1. The fourth-order valence-corrected chi connectivity index (χ4v) is 4.46. The van der Waals surface area contributed by atoms with Gasteiger partial charge in [0.25, 0.3) is 5.91 Å². The second-order valence-corrected chi connectivity index (χ2v) is 8.77. The van der Waals surface area contributed by atoms with Crippen LogP contribution in [0.25, 0.3) is 10.9 Å². The van der Waals surface area contributed by atoms with Crippen LogP contribution in [-0.2, 0) is 17.7 Å². The largest absolute Gasteiger partial charge is 0.383 e. The quantitative estimate of drug-likeness (QED) is 0.591. The number of aromatic amines is 1. The minimum absolute atomic E-state index is 0.156. The maximum absolute atomic E-state index is 12.9. The van der Waals surface area contributed by atoms with Crippen LogP contribution in [0, 0.1) is 5.92 Å². The van der Waals surface area contributed by atoms with E-state index >= 15 is 0 Å². The van der Waals surface area contributed by atoms with E-state index in [1.807, 2.05) is 35.4 Å². The van der Waals surface area contributed by atoms with E-state index in [1.54, 1.807) is 7.11 Å². The lowest BCUT2D eigenvalue weighted by atomic mass is 9.89. The number of likely N-dealkylation sites (N-methyl/N-ethyl adjacent to an activating group) is 1. The summed E-state index contributed by atoms with van der Waals surface area (Å²) in [6.45, 7) is 4.33. The molecule has 2 heterocycles. The van der Waals surface area contributed by atoms with Crippen molar-refractivity contribution < 1.29 is 9.53 Å². The first-order valence-electron chi connectivity index (χ1n) is 11.2. The lowest BCUT2D eigenvalue weighted by molar-refractivity contribution is 0.0690. The average molecular weight is 420 g/mol. The van der Waals surface area contributed by atoms with Crippen LogP contribution in [0.15, 0.2) is 54.7 Å². The van der Waals surface area contributed by atoms with E-state index in [9.17, 15) is 4.79 Å². The van der Waals surface area contributed by atoms with E-state index in [4.69, 9.17) is 4.74 Å². The minimum atomic E-state index is 0.156. The van der Waals surface area contributed by atoms with Gasteiger partial charge in [-0.15, -0.1) is 0 Å². The molecule has 0 spiro atoms. The molecule has 1 saturated heterocycles. The fourth-order valence-electron chi connectivity index (χ4n) is 4.46. The summed E-state index contributed by atoms with van der Waals surface area (Å²) < 4.78 is 5.15. The van der Waals surface area contributed by atoms with Crippen LogP contribution in [0.1, 0.15) is 34.3 Å². The average Bonchev–Trinajstić information content (AvgIpc) is 3.27. The molecule has 3 aromatic rings. The molecule has 1 aliphatic heterocycles. The summed E-state index contributed by atoms with van der Waals surface area (Å²) in [5.74, 6) is 0.801. The van der Waals surface area contributed by atoms with E-state index in [-0.39, 0.29) is 5.91 Å². The number of carbonyl (C=O) groups excluding carboxylic acids is 1. The predicted octanol–water partition coefficient (Wildman–Crippen LogP) is 4.34. The number of H-pyrrole nitrogens is 1. The zero-order chi connectivity index (χ0) is 21.6. The Morgan fingerprint density at radius 2 is 1.84 bits per heavy atom. The van der Waals surface area contributed by atoms with Gasteiger partial charge in [0.1, 0.15) is 0 Å². The Bertz CT molecular complexity index is 987. The number of rotatable bonds is 8. The molecule has 31 heavy (non-hydrogen) atoms. The van der Waals surface area contributed by atoms with Gasteiger partial charge >= 0.3 is 0 Å². The number of amides is 1. The first-order chi connectivity index (χ1) is 15.1. The minimum Gasteiger partial charge on any atom is -0.383 e. The predicted molar refractivity (Wildman–Crippen MR) is 125 cm³/mol. The summed E-state index contributed by atoms with van der Waals surface area (Å²) in [5.41, 5.74) is 4.59. The summed E-state index contributed by atoms with van der Waals surface area (Å²) in [5, 5.41) is 1.09. The fraction of sp³-hybridized carbons (Fsp3) is 0.423. The second kappa shape index (κ2) is 10.1.